The Morgan fingerprint density at radius 3 is 2.34 bits per heavy atom. The van der Waals surface area contributed by atoms with E-state index in [1.807, 2.05) is 0 Å². The van der Waals surface area contributed by atoms with Gasteiger partial charge in [-0.25, -0.2) is 9.18 Å². The minimum atomic E-state index is -4.70. The molecule has 0 aliphatic carbocycles. The number of nitrogens with zero attached hydrogens (tertiary/aromatic N) is 2. The molecule has 2 amide bonds. The third-order valence-electron chi connectivity index (χ3n) is 5.43. The van der Waals surface area contributed by atoms with Crippen molar-refractivity contribution in [2.24, 2.45) is 0 Å². The second-order valence-corrected chi connectivity index (χ2v) is 8.93. The number of rotatable bonds is 4. The van der Waals surface area contributed by atoms with E-state index in [1.54, 1.807) is 20.8 Å². The number of aliphatic hydroxyl groups is 1. The van der Waals surface area contributed by atoms with Gasteiger partial charge < -0.3 is 24.4 Å². The van der Waals surface area contributed by atoms with Crippen LogP contribution >= 0.6 is 0 Å². The van der Waals surface area contributed by atoms with Crippen molar-refractivity contribution in [3.8, 4) is 5.75 Å². The lowest BCUT2D eigenvalue weighted by molar-refractivity contribution is -0.135. The molecule has 2 aliphatic heterocycles. The van der Waals surface area contributed by atoms with Crippen LogP contribution in [0.15, 0.2) is 12.1 Å². The number of piperidine rings is 1. The van der Waals surface area contributed by atoms with E-state index in [4.69, 9.17) is 14.6 Å². The van der Waals surface area contributed by atoms with E-state index >= 15 is 4.39 Å². The number of carbonyl (C=O) groups is 2. The summed E-state index contributed by atoms with van der Waals surface area (Å²) in [4.78, 5) is 27.5. The molecule has 3 rings (SSSR count). The number of aliphatic hydroxyl groups excluding tert-OH is 1. The van der Waals surface area contributed by atoms with E-state index in [-0.39, 0.29) is 56.1 Å². The fraction of sp³-hybridized carbons (Fsp3) is 0.619. The summed E-state index contributed by atoms with van der Waals surface area (Å²) in [5, 5.41) is 8.90. The van der Waals surface area contributed by atoms with Gasteiger partial charge >= 0.3 is 12.3 Å². The molecule has 1 fully saturated rings. The molecule has 0 aromatic heterocycles. The van der Waals surface area contributed by atoms with Crippen molar-refractivity contribution >= 4 is 17.7 Å². The topological polar surface area (TPSA) is 79.3 Å². The number of ether oxygens (including phenoxy) is 2. The van der Waals surface area contributed by atoms with Crippen LogP contribution in [0.25, 0.3) is 0 Å². The minimum Gasteiger partial charge on any atom is -0.491 e. The first-order chi connectivity index (χ1) is 14.8. The third-order valence-corrected chi connectivity index (χ3v) is 5.43. The number of likely N-dealkylation sites (tertiary alicyclic amines) is 1. The zero-order valence-corrected chi connectivity index (χ0v) is 18.1. The molecular formula is C21H26F4N2O5. The fourth-order valence-corrected chi connectivity index (χ4v) is 4.17. The monoisotopic (exact) mass is 462 g/mol. The standard InChI is InChI=1S/C21H26F4N2O5/c1-19(2,3)32-18(30)26-6-4-20(5-7-26)16-14(22)10-13(31-9-8-28)11-15(16)27(17(20)29)12-21(23,24)25/h10-11,28H,4-9,12H2,1-3H3. The van der Waals surface area contributed by atoms with Gasteiger partial charge in [0.25, 0.3) is 0 Å². The summed E-state index contributed by atoms with van der Waals surface area (Å²) in [5.74, 6) is -1.80. The van der Waals surface area contributed by atoms with Crippen LogP contribution in [0.5, 0.6) is 5.75 Å². The van der Waals surface area contributed by atoms with Crippen molar-refractivity contribution in [2.75, 3.05) is 37.7 Å². The molecule has 1 aromatic rings. The lowest BCUT2D eigenvalue weighted by Gasteiger charge is -2.39. The number of hydrogen-bond acceptors (Lipinski definition) is 5. The highest BCUT2D eigenvalue weighted by Crippen LogP contribution is 2.51. The van der Waals surface area contributed by atoms with Crippen molar-refractivity contribution < 1.29 is 41.7 Å². The second-order valence-electron chi connectivity index (χ2n) is 8.93. The molecule has 0 saturated carbocycles. The Hall–Kier alpha value is -2.56. The fourth-order valence-electron chi connectivity index (χ4n) is 4.17. The minimum absolute atomic E-state index is 0.0299. The van der Waals surface area contributed by atoms with E-state index < -0.39 is 41.6 Å². The molecule has 1 saturated heterocycles. The number of benzene rings is 1. The summed E-state index contributed by atoms with van der Waals surface area (Å²) in [6.45, 7) is 3.05. The maximum Gasteiger partial charge on any atom is 0.410 e. The van der Waals surface area contributed by atoms with Gasteiger partial charge in [-0.05, 0) is 33.6 Å². The Morgan fingerprint density at radius 2 is 1.81 bits per heavy atom. The highest BCUT2D eigenvalue weighted by molar-refractivity contribution is 6.08. The average Bonchev–Trinajstić information content (AvgIpc) is 2.87. The van der Waals surface area contributed by atoms with Gasteiger partial charge in [0.2, 0.25) is 5.91 Å². The first kappa shape index (κ1) is 24.1. The van der Waals surface area contributed by atoms with Crippen LogP contribution in [0.1, 0.15) is 39.2 Å². The molecule has 11 heteroatoms. The molecule has 32 heavy (non-hydrogen) atoms. The van der Waals surface area contributed by atoms with Crippen molar-refractivity contribution in [1.29, 1.82) is 0 Å². The zero-order chi connectivity index (χ0) is 23.9. The van der Waals surface area contributed by atoms with Crippen LogP contribution in [0.4, 0.5) is 28.0 Å². The molecule has 1 spiro atoms. The predicted molar refractivity (Wildman–Crippen MR) is 106 cm³/mol. The number of anilines is 1. The maximum atomic E-state index is 15.2. The highest BCUT2D eigenvalue weighted by Gasteiger charge is 2.56. The number of hydrogen-bond donors (Lipinski definition) is 1. The van der Waals surface area contributed by atoms with E-state index in [1.165, 1.54) is 11.0 Å². The molecule has 7 nitrogen and oxygen atoms in total. The van der Waals surface area contributed by atoms with Gasteiger partial charge in [-0.3, -0.25) is 4.79 Å². The van der Waals surface area contributed by atoms with Crippen molar-refractivity contribution in [3.63, 3.8) is 0 Å². The maximum absolute atomic E-state index is 15.2. The third kappa shape index (κ3) is 4.77. The predicted octanol–water partition coefficient (Wildman–Crippen LogP) is 3.37. The Kier molecular flexibility index (Phi) is 6.34. The number of amides is 2. The van der Waals surface area contributed by atoms with Crippen LogP contribution in [-0.4, -0.2) is 66.6 Å². The molecule has 0 unspecified atom stereocenters. The number of alkyl halides is 3. The average molecular weight is 462 g/mol. The molecule has 0 bridgehead atoms. The molecule has 2 heterocycles. The van der Waals surface area contributed by atoms with Gasteiger partial charge in [-0.15, -0.1) is 0 Å². The van der Waals surface area contributed by atoms with Crippen LogP contribution in [0.2, 0.25) is 0 Å². The zero-order valence-electron chi connectivity index (χ0n) is 18.1. The van der Waals surface area contributed by atoms with Gasteiger partial charge in [0.15, 0.2) is 0 Å². The highest BCUT2D eigenvalue weighted by atomic mass is 19.4. The summed E-state index contributed by atoms with van der Waals surface area (Å²) < 4.78 is 65.4. The Morgan fingerprint density at radius 1 is 1.19 bits per heavy atom. The van der Waals surface area contributed by atoms with Crippen LogP contribution in [0.3, 0.4) is 0 Å². The molecule has 0 atom stereocenters. The largest absolute Gasteiger partial charge is 0.491 e. The van der Waals surface area contributed by atoms with Gasteiger partial charge in [0.05, 0.1) is 17.7 Å². The number of fused-ring (bicyclic) bond motifs is 2. The summed E-state index contributed by atoms with van der Waals surface area (Å²) in [6, 6.07) is 2.19. The second kappa shape index (κ2) is 8.42. The van der Waals surface area contributed by atoms with Crippen molar-refractivity contribution in [1.82, 2.24) is 4.90 Å². The SMILES string of the molecule is CC(C)(C)OC(=O)N1CCC2(CC1)C(=O)N(CC(F)(F)F)c1cc(OCCO)cc(F)c12. The van der Waals surface area contributed by atoms with Crippen LogP contribution in [-0.2, 0) is 14.9 Å². The van der Waals surface area contributed by atoms with E-state index in [2.05, 4.69) is 0 Å². The van der Waals surface area contributed by atoms with E-state index in [9.17, 15) is 22.8 Å². The molecule has 0 radical (unpaired) electrons. The first-order valence-corrected chi connectivity index (χ1v) is 10.2. The quantitative estimate of drug-likeness (QED) is 0.695. The van der Waals surface area contributed by atoms with Crippen molar-refractivity contribution in [2.45, 2.75) is 50.8 Å². The summed E-state index contributed by atoms with van der Waals surface area (Å²) in [5.41, 5.74) is -2.57. The first-order valence-electron chi connectivity index (χ1n) is 10.2. The summed E-state index contributed by atoms with van der Waals surface area (Å²) in [7, 11) is 0. The summed E-state index contributed by atoms with van der Waals surface area (Å²) in [6.07, 6.45) is -5.38. The van der Waals surface area contributed by atoms with Gasteiger partial charge in [-0.2, -0.15) is 13.2 Å². The number of carbonyl (C=O) groups excluding carboxylic acids is 2. The molecule has 2 aliphatic rings. The van der Waals surface area contributed by atoms with Crippen LogP contribution < -0.4 is 9.64 Å². The van der Waals surface area contributed by atoms with Crippen molar-refractivity contribution in [3.05, 3.63) is 23.5 Å². The van der Waals surface area contributed by atoms with Gasteiger partial charge in [-0.1, -0.05) is 0 Å². The smallest absolute Gasteiger partial charge is 0.410 e. The normalized spacial score (nSPS) is 18.2. The van der Waals surface area contributed by atoms with Gasteiger partial charge in [0, 0.05) is 30.8 Å². The molecule has 1 aromatic carbocycles. The van der Waals surface area contributed by atoms with Gasteiger partial charge in [0.1, 0.15) is 30.3 Å². The molecule has 1 N–H and O–H groups in total. The summed E-state index contributed by atoms with van der Waals surface area (Å²) >= 11 is 0. The Balaban J connectivity index is 1.95. The van der Waals surface area contributed by atoms with Crippen LogP contribution in [0, 0.1) is 5.82 Å². The number of halogens is 4. The Labute approximate surface area is 182 Å². The lowest BCUT2D eigenvalue weighted by atomic mass is 9.73. The Bertz CT molecular complexity index is 889. The lowest BCUT2D eigenvalue weighted by Crippen LogP contribution is -2.52. The van der Waals surface area contributed by atoms with E-state index in [0.717, 1.165) is 6.07 Å². The van der Waals surface area contributed by atoms with E-state index in [0.29, 0.717) is 4.90 Å². The molecule has 178 valence electrons. The molecular weight excluding hydrogens is 436 g/mol.